The molecule has 0 bridgehead atoms. The minimum atomic E-state index is 0.273. The molecule has 1 fully saturated rings. The van der Waals surface area contributed by atoms with Gasteiger partial charge >= 0.3 is 0 Å². The molecule has 1 aromatic rings. The molecule has 58 valence electrons. The van der Waals surface area contributed by atoms with Crippen LogP contribution >= 0.6 is 11.5 Å². The van der Waals surface area contributed by atoms with Crippen molar-refractivity contribution in [2.45, 2.75) is 19.3 Å². The number of nitrogens with zero attached hydrogens (tertiary/aromatic N) is 1. The van der Waals surface area contributed by atoms with Crippen LogP contribution in [-0.2, 0) is 0 Å². The summed E-state index contributed by atoms with van der Waals surface area (Å²) >= 11 is 1.30. The maximum atomic E-state index is 11.3. The van der Waals surface area contributed by atoms with Gasteiger partial charge in [0.2, 0.25) is 0 Å². The standard InChI is InChI=1S/C8H9NOS/c10-7(5-6-1-2-6)8-3-4-9-11-8/h3-4,6H,1-2,5H2. The number of rotatable bonds is 3. The molecule has 0 amide bonds. The third-order valence-corrected chi connectivity index (χ3v) is 2.67. The maximum Gasteiger partial charge on any atom is 0.174 e. The summed E-state index contributed by atoms with van der Waals surface area (Å²) in [5.41, 5.74) is 0. The lowest BCUT2D eigenvalue weighted by molar-refractivity contribution is 0.0980. The van der Waals surface area contributed by atoms with Gasteiger partial charge in [0.15, 0.2) is 5.78 Å². The van der Waals surface area contributed by atoms with Crippen LogP contribution in [0.15, 0.2) is 12.3 Å². The quantitative estimate of drug-likeness (QED) is 0.645. The lowest BCUT2D eigenvalue weighted by Gasteiger charge is -1.91. The maximum absolute atomic E-state index is 11.3. The van der Waals surface area contributed by atoms with Gasteiger partial charge in [-0.1, -0.05) is 0 Å². The predicted molar refractivity (Wildman–Crippen MR) is 43.8 cm³/mol. The molecule has 0 aromatic carbocycles. The van der Waals surface area contributed by atoms with Gasteiger partial charge in [-0.25, -0.2) is 4.37 Å². The van der Waals surface area contributed by atoms with Crippen molar-refractivity contribution in [3.63, 3.8) is 0 Å². The Kier molecular flexibility index (Phi) is 1.74. The summed E-state index contributed by atoms with van der Waals surface area (Å²) in [6.45, 7) is 0. The van der Waals surface area contributed by atoms with Crippen molar-refractivity contribution in [3.8, 4) is 0 Å². The van der Waals surface area contributed by atoms with E-state index < -0.39 is 0 Å². The predicted octanol–water partition coefficient (Wildman–Crippen LogP) is 2.13. The van der Waals surface area contributed by atoms with Crippen molar-refractivity contribution in [3.05, 3.63) is 17.1 Å². The van der Waals surface area contributed by atoms with Crippen LogP contribution in [0.5, 0.6) is 0 Å². The Morgan fingerprint density at radius 3 is 3.09 bits per heavy atom. The summed E-state index contributed by atoms with van der Waals surface area (Å²) in [4.78, 5) is 12.1. The third-order valence-electron chi connectivity index (χ3n) is 1.88. The highest BCUT2D eigenvalue weighted by Gasteiger charge is 2.25. The molecule has 2 nitrogen and oxygen atoms in total. The van der Waals surface area contributed by atoms with Crippen LogP contribution in [0.1, 0.15) is 28.9 Å². The van der Waals surface area contributed by atoms with Gasteiger partial charge in [-0.15, -0.1) is 0 Å². The number of carbonyl (C=O) groups excluding carboxylic acids is 1. The Morgan fingerprint density at radius 2 is 2.55 bits per heavy atom. The van der Waals surface area contributed by atoms with Crippen LogP contribution in [0, 0.1) is 5.92 Å². The molecule has 2 rings (SSSR count). The van der Waals surface area contributed by atoms with Crippen LogP contribution < -0.4 is 0 Å². The molecule has 1 aliphatic rings. The van der Waals surface area contributed by atoms with Gasteiger partial charge in [-0.3, -0.25) is 4.79 Å². The zero-order chi connectivity index (χ0) is 7.68. The fraction of sp³-hybridized carbons (Fsp3) is 0.500. The Morgan fingerprint density at radius 1 is 1.73 bits per heavy atom. The first kappa shape index (κ1) is 6.98. The first-order valence-electron chi connectivity index (χ1n) is 3.80. The summed E-state index contributed by atoms with van der Waals surface area (Å²) in [5, 5.41) is 0. The molecule has 0 atom stereocenters. The van der Waals surface area contributed by atoms with Gasteiger partial charge in [0.05, 0.1) is 4.88 Å². The molecular weight excluding hydrogens is 158 g/mol. The number of ketones is 1. The Balaban J connectivity index is 1.99. The van der Waals surface area contributed by atoms with Gasteiger partial charge in [0.1, 0.15) is 0 Å². The van der Waals surface area contributed by atoms with Crippen molar-refractivity contribution < 1.29 is 4.79 Å². The summed E-state index contributed by atoms with van der Waals surface area (Å²) in [6, 6.07) is 1.80. The number of hydrogen-bond donors (Lipinski definition) is 0. The Labute approximate surface area is 69.4 Å². The first-order valence-corrected chi connectivity index (χ1v) is 4.57. The molecule has 11 heavy (non-hydrogen) atoms. The van der Waals surface area contributed by atoms with Crippen molar-refractivity contribution in [1.82, 2.24) is 4.37 Å². The second-order valence-corrected chi connectivity index (χ2v) is 3.78. The van der Waals surface area contributed by atoms with Gasteiger partial charge in [0, 0.05) is 12.6 Å². The SMILES string of the molecule is O=C(CC1CC1)c1ccns1. The fourth-order valence-electron chi connectivity index (χ4n) is 1.04. The van der Waals surface area contributed by atoms with Crippen molar-refractivity contribution in [2.75, 3.05) is 0 Å². The Hall–Kier alpha value is -0.700. The second-order valence-electron chi connectivity index (χ2n) is 2.95. The molecular formula is C8H9NOS. The highest BCUT2D eigenvalue weighted by molar-refractivity contribution is 7.08. The smallest absolute Gasteiger partial charge is 0.174 e. The van der Waals surface area contributed by atoms with E-state index in [1.165, 1.54) is 24.4 Å². The van der Waals surface area contributed by atoms with E-state index >= 15 is 0 Å². The molecule has 1 saturated carbocycles. The van der Waals surface area contributed by atoms with Crippen molar-refractivity contribution in [1.29, 1.82) is 0 Å². The Bertz CT molecular complexity index is 251. The van der Waals surface area contributed by atoms with E-state index in [0.29, 0.717) is 5.92 Å². The van der Waals surface area contributed by atoms with E-state index in [9.17, 15) is 4.79 Å². The number of hydrogen-bond acceptors (Lipinski definition) is 3. The van der Waals surface area contributed by atoms with Crippen LogP contribution in [0.4, 0.5) is 0 Å². The molecule has 0 saturated heterocycles. The lowest BCUT2D eigenvalue weighted by Crippen LogP contribution is -1.96. The summed E-state index contributed by atoms with van der Waals surface area (Å²) < 4.78 is 3.89. The topological polar surface area (TPSA) is 30.0 Å². The summed E-state index contributed by atoms with van der Waals surface area (Å²) in [7, 11) is 0. The average molecular weight is 167 g/mol. The van der Waals surface area contributed by atoms with E-state index in [0.717, 1.165) is 11.3 Å². The van der Waals surface area contributed by atoms with E-state index in [-0.39, 0.29) is 5.78 Å². The lowest BCUT2D eigenvalue weighted by atomic mass is 10.2. The normalized spacial score (nSPS) is 16.7. The monoisotopic (exact) mass is 167 g/mol. The zero-order valence-corrected chi connectivity index (χ0v) is 6.93. The van der Waals surface area contributed by atoms with Crippen molar-refractivity contribution >= 4 is 17.3 Å². The minimum Gasteiger partial charge on any atom is -0.293 e. The molecule has 0 N–H and O–H groups in total. The highest BCUT2D eigenvalue weighted by Crippen LogP contribution is 2.33. The number of carbonyl (C=O) groups is 1. The van der Waals surface area contributed by atoms with Gasteiger partial charge in [-0.05, 0) is 36.4 Å². The van der Waals surface area contributed by atoms with Crippen molar-refractivity contribution in [2.24, 2.45) is 5.92 Å². The number of aromatic nitrogens is 1. The average Bonchev–Trinajstić information content (AvgIpc) is 2.67. The zero-order valence-electron chi connectivity index (χ0n) is 6.12. The van der Waals surface area contributed by atoms with Crippen LogP contribution in [0.3, 0.4) is 0 Å². The second kappa shape index (κ2) is 2.74. The highest BCUT2D eigenvalue weighted by atomic mass is 32.1. The van der Waals surface area contributed by atoms with E-state index in [1.807, 2.05) is 0 Å². The van der Waals surface area contributed by atoms with Crippen LogP contribution in [-0.4, -0.2) is 10.2 Å². The summed E-state index contributed by atoms with van der Waals surface area (Å²) in [6.07, 6.45) is 4.90. The van der Waals surface area contributed by atoms with Gasteiger partial charge in [0.25, 0.3) is 0 Å². The van der Waals surface area contributed by atoms with Gasteiger partial charge in [-0.2, -0.15) is 0 Å². The number of Topliss-reactive ketones (excluding diaryl/α,β-unsaturated/α-hetero) is 1. The molecule has 3 heteroatoms. The van der Waals surface area contributed by atoms with Crippen LogP contribution in [0.25, 0.3) is 0 Å². The van der Waals surface area contributed by atoms with E-state index in [2.05, 4.69) is 4.37 Å². The van der Waals surface area contributed by atoms with E-state index in [1.54, 1.807) is 12.3 Å². The molecule has 0 radical (unpaired) electrons. The molecule has 0 spiro atoms. The fourth-order valence-corrected chi connectivity index (χ4v) is 1.59. The largest absolute Gasteiger partial charge is 0.293 e. The molecule has 1 heterocycles. The van der Waals surface area contributed by atoms with Crippen LogP contribution in [0.2, 0.25) is 0 Å². The third kappa shape index (κ3) is 1.66. The molecule has 1 aliphatic carbocycles. The first-order chi connectivity index (χ1) is 5.36. The van der Waals surface area contributed by atoms with Gasteiger partial charge < -0.3 is 0 Å². The molecule has 1 aromatic heterocycles. The summed E-state index contributed by atoms with van der Waals surface area (Å²) in [5.74, 6) is 0.958. The molecule has 0 unspecified atom stereocenters. The molecule has 0 aliphatic heterocycles. The van der Waals surface area contributed by atoms with E-state index in [4.69, 9.17) is 0 Å². The minimum absolute atomic E-state index is 0.273.